The Labute approximate surface area is 145 Å². The first-order chi connectivity index (χ1) is 12.2. The molecule has 6 heteroatoms. The first-order valence-electron chi connectivity index (χ1n) is 8.22. The van der Waals surface area contributed by atoms with Crippen LogP contribution in [0.1, 0.15) is 22.8 Å². The summed E-state index contributed by atoms with van der Waals surface area (Å²) in [5, 5.41) is 0. The number of carbonyl (C=O) groups excluding carboxylic acids is 1. The molecule has 126 valence electrons. The fraction of sp³-hybridized carbons (Fsp3) is 0.211. The molecule has 1 aromatic carbocycles. The van der Waals surface area contributed by atoms with Crippen molar-refractivity contribution in [2.75, 3.05) is 19.7 Å². The molecule has 2 aromatic heterocycles. The van der Waals surface area contributed by atoms with Crippen LogP contribution in [-0.4, -0.2) is 40.6 Å². The van der Waals surface area contributed by atoms with Gasteiger partial charge in [0.25, 0.3) is 0 Å². The van der Waals surface area contributed by atoms with Crippen molar-refractivity contribution in [3.05, 3.63) is 53.9 Å². The zero-order valence-electron chi connectivity index (χ0n) is 13.9. The fourth-order valence-corrected chi connectivity index (χ4v) is 3.12. The van der Waals surface area contributed by atoms with Gasteiger partial charge in [0.15, 0.2) is 5.78 Å². The molecule has 0 saturated carbocycles. The number of rotatable bonds is 4. The number of benzene rings is 1. The number of hydrogen-bond donors (Lipinski definition) is 1. The zero-order chi connectivity index (χ0) is 17.4. The Morgan fingerprint density at radius 1 is 1.24 bits per heavy atom. The fourth-order valence-electron chi connectivity index (χ4n) is 3.12. The number of ether oxygens (including phenoxy) is 1. The van der Waals surface area contributed by atoms with Crippen LogP contribution in [0.5, 0.6) is 5.75 Å². The van der Waals surface area contributed by atoms with E-state index < -0.39 is 0 Å². The molecule has 25 heavy (non-hydrogen) atoms. The van der Waals surface area contributed by atoms with E-state index in [0.29, 0.717) is 18.7 Å². The highest BCUT2D eigenvalue weighted by Crippen LogP contribution is 2.27. The number of nitrogens with zero attached hydrogens (tertiary/aromatic N) is 3. The summed E-state index contributed by atoms with van der Waals surface area (Å²) in [5.74, 6) is 0.808. The van der Waals surface area contributed by atoms with Crippen molar-refractivity contribution < 1.29 is 9.53 Å². The maximum absolute atomic E-state index is 12.1. The third kappa shape index (κ3) is 2.60. The number of hydrogen-bond acceptors (Lipinski definition) is 5. The van der Waals surface area contributed by atoms with Gasteiger partial charge in [-0.2, -0.15) is 0 Å². The number of nitrogens with two attached hydrogens (primary N) is 1. The third-order valence-corrected chi connectivity index (χ3v) is 4.32. The first-order valence-corrected chi connectivity index (χ1v) is 8.22. The Morgan fingerprint density at radius 2 is 2.12 bits per heavy atom. The summed E-state index contributed by atoms with van der Waals surface area (Å²) < 4.78 is 7.57. The van der Waals surface area contributed by atoms with Crippen molar-refractivity contribution in [2.45, 2.75) is 6.92 Å². The van der Waals surface area contributed by atoms with E-state index in [1.807, 2.05) is 54.0 Å². The maximum atomic E-state index is 12.1. The predicted molar refractivity (Wildman–Crippen MR) is 96.6 cm³/mol. The van der Waals surface area contributed by atoms with Crippen LogP contribution in [0.25, 0.3) is 16.9 Å². The molecule has 3 aromatic rings. The molecular weight excluding hydrogens is 316 g/mol. The van der Waals surface area contributed by atoms with E-state index >= 15 is 0 Å². The minimum Gasteiger partial charge on any atom is -0.492 e. The van der Waals surface area contributed by atoms with E-state index in [1.165, 1.54) is 0 Å². The summed E-state index contributed by atoms with van der Waals surface area (Å²) in [7, 11) is 0. The standard InChI is InChI=1S/C19H18N4O2/c1-2-25-13-4-6-19-22-9-17(23(19)11-13)12-3-5-14-15(7-12)16(8-20)21-10-18(14)24/h3-7,9,11H,2,8,10,20H2,1H3. The van der Waals surface area contributed by atoms with Gasteiger partial charge in [0.2, 0.25) is 0 Å². The number of ketones is 1. The van der Waals surface area contributed by atoms with Crippen LogP contribution in [-0.2, 0) is 0 Å². The summed E-state index contributed by atoms with van der Waals surface area (Å²) in [4.78, 5) is 20.8. The predicted octanol–water partition coefficient (Wildman–Crippen LogP) is 2.34. The molecule has 0 spiro atoms. The average Bonchev–Trinajstić information content (AvgIpc) is 3.05. The van der Waals surface area contributed by atoms with Crippen LogP contribution < -0.4 is 10.5 Å². The van der Waals surface area contributed by atoms with E-state index in [0.717, 1.165) is 33.9 Å². The second-order valence-corrected chi connectivity index (χ2v) is 5.82. The van der Waals surface area contributed by atoms with Crippen LogP contribution >= 0.6 is 0 Å². The molecule has 0 saturated heterocycles. The second kappa shape index (κ2) is 6.14. The largest absolute Gasteiger partial charge is 0.492 e. The highest BCUT2D eigenvalue weighted by atomic mass is 16.5. The van der Waals surface area contributed by atoms with Crippen molar-refractivity contribution in [1.29, 1.82) is 0 Å². The van der Waals surface area contributed by atoms with Crippen LogP contribution in [0, 0.1) is 0 Å². The summed E-state index contributed by atoms with van der Waals surface area (Å²) >= 11 is 0. The van der Waals surface area contributed by atoms with Crippen molar-refractivity contribution in [3.8, 4) is 17.0 Å². The van der Waals surface area contributed by atoms with Crippen molar-refractivity contribution in [2.24, 2.45) is 10.7 Å². The molecule has 0 radical (unpaired) electrons. The Bertz CT molecular complexity index is 1000. The molecule has 0 fully saturated rings. The van der Waals surface area contributed by atoms with Crippen LogP contribution in [0.4, 0.5) is 0 Å². The van der Waals surface area contributed by atoms with Crippen LogP contribution in [0.3, 0.4) is 0 Å². The minimum atomic E-state index is 0.0236. The lowest BCUT2D eigenvalue weighted by atomic mass is 9.94. The van der Waals surface area contributed by atoms with Gasteiger partial charge in [-0.1, -0.05) is 6.07 Å². The van der Waals surface area contributed by atoms with Crippen molar-refractivity contribution in [1.82, 2.24) is 9.38 Å². The van der Waals surface area contributed by atoms with Crippen molar-refractivity contribution >= 4 is 17.1 Å². The number of fused-ring (bicyclic) bond motifs is 2. The second-order valence-electron chi connectivity index (χ2n) is 5.82. The molecular formula is C19H18N4O2. The van der Waals surface area contributed by atoms with E-state index in [9.17, 15) is 4.79 Å². The van der Waals surface area contributed by atoms with E-state index in [1.54, 1.807) is 0 Å². The zero-order valence-corrected chi connectivity index (χ0v) is 13.9. The van der Waals surface area contributed by atoms with Gasteiger partial charge in [-0.3, -0.25) is 14.2 Å². The number of pyridine rings is 1. The lowest BCUT2D eigenvalue weighted by Crippen LogP contribution is -2.25. The Hall–Kier alpha value is -2.99. The molecule has 0 amide bonds. The molecule has 0 aliphatic carbocycles. The SMILES string of the molecule is CCOc1ccc2ncc(-c3ccc4c(c3)C(CN)=NCC4=O)n2c1. The number of Topliss-reactive ketones (excluding diaryl/α,β-unsaturated/α-hetero) is 1. The highest BCUT2D eigenvalue weighted by molar-refractivity contribution is 6.16. The van der Waals surface area contributed by atoms with Gasteiger partial charge in [-0.05, 0) is 31.2 Å². The monoisotopic (exact) mass is 334 g/mol. The van der Waals surface area contributed by atoms with Crippen LogP contribution in [0.15, 0.2) is 47.7 Å². The van der Waals surface area contributed by atoms with Gasteiger partial charge in [0.1, 0.15) is 17.9 Å². The molecule has 1 aliphatic heterocycles. The number of aromatic nitrogens is 2. The molecule has 0 bridgehead atoms. The normalized spacial score (nSPS) is 13.7. The molecule has 3 heterocycles. The summed E-state index contributed by atoms with van der Waals surface area (Å²) in [6.07, 6.45) is 3.74. The van der Waals surface area contributed by atoms with Gasteiger partial charge in [-0.25, -0.2) is 4.98 Å². The summed E-state index contributed by atoms with van der Waals surface area (Å²) in [6.45, 7) is 3.04. The Balaban J connectivity index is 1.86. The maximum Gasteiger partial charge on any atom is 0.184 e. The Morgan fingerprint density at radius 3 is 2.92 bits per heavy atom. The van der Waals surface area contributed by atoms with Gasteiger partial charge < -0.3 is 10.5 Å². The van der Waals surface area contributed by atoms with Gasteiger partial charge in [0, 0.05) is 23.2 Å². The van der Waals surface area contributed by atoms with Gasteiger partial charge >= 0.3 is 0 Å². The van der Waals surface area contributed by atoms with E-state index in [4.69, 9.17) is 10.5 Å². The van der Waals surface area contributed by atoms with Crippen molar-refractivity contribution in [3.63, 3.8) is 0 Å². The molecule has 1 aliphatic rings. The molecule has 4 rings (SSSR count). The quantitative estimate of drug-likeness (QED) is 0.794. The number of imidazole rings is 1. The number of carbonyl (C=O) groups is 1. The van der Waals surface area contributed by atoms with Gasteiger partial charge in [0.05, 0.1) is 30.4 Å². The molecule has 0 atom stereocenters. The van der Waals surface area contributed by atoms with E-state index in [-0.39, 0.29) is 12.3 Å². The van der Waals surface area contributed by atoms with E-state index in [2.05, 4.69) is 9.98 Å². The minimum absolute atomic E-state index is 0.0236. The summed E-state index contributed by atoms with van der Waals surface area (Å²) in [5.41, 5.74) is 10.8. The number of aliphatic imine (C=N–C) groups is 1. The lowest BCUT2D eigenvalue weighted by molar-refractivity contribution is 0.1000. The highest BCUT2D eigenvalue weighted by Gasteiger charge is 2.20. The average molecular weight is 334 g/mol. The topological polar surface area (TPSA) is 82.0 Å². The smallest absolute Gasteiger partial charge is 0.184 e. The molecule has 0 unspecified atom stereocenters. The first kappa shape index (κ1) is 15.5. The lowest BCUT2D eigenvalue weighted by Gasteiger charge is -2.16. The molecule has 6 nitrogen and oxygen atoms in total. The molecule has 2 N–H and O–H groups in total. The Kier molecular flexibility index (Phi) is 3.82. The van der Waals surface area contributed by atoms with Gasteiger partial charge in [-0.15, -0.1) is 0 Å². The third-order valence-electron chi connectivity index (χ3n) is 4.32. The van der Waals surface area contributed by atoms with Crippen LogP contribution in [0.2, 0.25) is 0 Å². The summed E-state index contributed by atoms with van der Waals surface area (Å²) in [6, 6.07) is 9.58.